The summed E-state index contributed by atoms with van der Waals surface area (Å²) in [4.78, 5) is 21.7. The number of anilines is 1. The highest BCUT2D eigenvalue weighted by Gasteiger charge is 2.29. The number of benzene rings is 1. The molecular weight excluding hydrogens is 452 g/mol. The Kier molecular flexibility index (Phi) is 6.23. The normalized spacial score (nSPS) is 20.2. The van der Waals surface area contributed by atoms with Crippen LogP contribution in [0.2, 0.25) is 0 Å². The van der Waals surface area contributed by atoms with Crippen LogP contribution in [0.4, 0.5) is 14.5 Å². The van der Waals surface area contributed by atoms with Crippen molar-refractivity contribution >= 4 is 17.2 Å². The fourth-order valence-corrected chi connectivity index (χ4v) is 4.97. The number of amides is 1. The van der Waals surface area contributed by atoms with Gasteiger partial charge < -0.3 is 5.32 Å². The van der Waals surface area contributed by atoms with Crippen molar-refractivity contribution in [1.29, 1.82) is 0 Å². The molecular formula is C25H25F2N7O. The van der Waals surface area contributed by atoms with E-state index in [4.69, 9.17) is 5.84 Å². The minimum atomic E-state index is -0.733. The summed E-state index contributed by atoms with van der Waals surface area (Å²) in [7, 11) is 0. The van der Waals surface area contributed by atoms with Gasteiger partial charge in [-0.1, -0.05) is 13.0 Å². The molecule has 0 radical (unpaired) electrons. The van der Waals surface area contributed by atoms with E-state index >= 15 is 0 Å². The number of rotatable bonds is 5. The van der Waals surface area contributed by atoms with Gasteiger partial charge in [0.2, 0.25) is 0 Å². The summed E-state index contributed by atoms with van der Waals surface area (Å²) in [5.74, 6) is 4.48. The zero-order valence-corrected chi connectivity index (χ0v) is 19.1. The number of halogens is 2. The van der Waals surface area contributed by atoms with Gasteiger partial charge in [0.05, 0.1) is 29.2 Å². The second-order valence-corrected chi connectivity index (χ2v) is 9.03. The third-order valence-electron chi connectivity index (χ3n) is 6.56. The number of nitrogens with zero attached hydrogens (tertiary/aromatic N) is 4. The minimum Gasteiger partial charge on any atom is -0.319 e. The lowest BCUT2D eigenvalue weighted by Crippen LogP contribution is -2.40. The number of hydrogen-bond acceptors (Lipinski definition) is 6. The molecule has 0 spiro atoms. The average molecular weight is 478 g/mol. The molecule has 1 saturated carbocycles. The van der Waals surface area contributed by atoms with Crippen LogP contribution in [0, 0.1) is 17.6 Å². The molecule has 35 heavy (non-hydrogen) atoms. The monoisotopic (exact) mass is 477 g/mol. The standard InChI is InChI=1S/C25H25F2N7O/c1-14-9-15(11-16(10-14)33-28)17-5-7-29-13-22(17)32-25(35)21-6-8-34-24(31-21)18(12-30-34)23-19(26)3-2-4-20(23)27/h2-8,12-16,33H,9-11,28H2,1H3,(H,32,35)/t14-,15+,16+/m0/s1. The Hall–Kier alpha value is -3.76. The minimum absolute atomic E-state index is 0.0873. The lowest BCUT2D eigenvalue weighted by molar-refractivity contribution is 0.102. The topological polar surface area (TPSA) is 110 Å². The molecule has 1 aromatic carbocycles. The molecule has 180 valence electrons. The Labute approximate surface area is 200 Å². The van der Waals surface area contributed by atoms with Crippen LogP contribution >= 0.6 is 0 Å². The van der Waals surface area contributed by atoms with E-state index in [9.17, 15) is 13.6 Å². The largest absolute Gasteiger partial charge is 0.319 e. The maximum Gasteiger partial charge on any atom is 0.274 e. The Bertz CT molecular complexity index is 1370. The van der Waals surface area contributed by atoms with E-state index in [1.165, 1.54) is 41.2 Å². The van der Waals surface area contributed by atoms with Crippen molar-refractivity contribution < 1.29 is 13.6 Å². The summed E-state index contributed by atoms with van der Waals surface area (Å²) in [5.41, 5.74) is 4.65. The quantitative estimate of drug-likeness (QED) is 0.295. The molecule has 8 nitrogen and oxygen atoms in total. The van der Waals surface area contributed by atoms with Gasteiger partial charge in [0.1, 0.15) is 17.3 Å². The summed E-state index contributed by atoms with van der Waals surface area (Å²) < 4.78 is 30.1. The van der Waals surface area contributed by atoms with Gasteiger partial charge in [0.25, 0.3) is 5.91 Å². The fourth-order valence-electron chi connectivity index (χ4n) is 4.97. The summed E-state index contributed by atoms with van der Waals surface area (Å²) in [5, 5.41) is 7.04. The van der Waals surface area contributed by atoms with Crippen LogP contribution in [0.25, 0.3) is 16.8 Å². The molecule has 0 bridgehead atoms. The SMILES string of the molecule is C[C@@H]1C[C@@H](NN)C[C@H](c2ccncc2NC(=O)c2ccn3ncc(-c4c(F)cccc4F)c3n2)C1. The zero-order valence-electron chi connectivity index (χ0n) is 19.1. The molecule has 4 aromatic rings. The van der Waals surface area contributed by atoms with Gasteiger partial charge in [0.15, 0.2) is 5.65 Å². The summed E-state index contributed by atoms with van der Waals surface area (Å²) >= 11 is 0. The van der Waals surface area contributed by atoms with Gasteiger partial charge in [-0.3, -0.25) is 21.0 Å². The molecule has 1 amide bonds. The van der Waals surface area contributed by atoms with Crippen molar-refractivity contribution in [2.24, 2.45) is 11.8 Å². The van der Waals surface area contributed by atoms with Gasteiger partial charge >= 0.3 is 0 Å². The van der Waals surface area contributed by atoms with E-state index in [2.05, 4.69) is 32.7 Å². The van der Waals surface area contributed by atoms with Crippen LogP contribution < -0.4 is 16.6 Å². The van der Waals surface area contributed by atoms with Gasteiger partial charge in [-0.25, -0.2) is 18.3 Å². The first kappa shape index (κ1) is 23.0. The molecule has 10 heteroatoms. The highest BCUT2D eigenvalue weighted by Crippen LogP contribution is 2.39. The number of nitrogens with one attached hydrogen (secondary N) is 2. The number of fused-ring (bicyclic) bond motifs is 1. The Morgan fingerprint density at radius 1 is 1.11 bits per heavy atom. The number of hydrazine groups is 1. The van der Waals surface area contributed by atoms with Crippen molar-refractivity contribution in [2.75, 3.05) is 5.32 Å². The molecule has 1 aliphatic carbocycles. The van der Waals surface area contributed by atoms with E-state index in [-0.39, 0.29) is 34.4 Å². The molecule has 3 heterocycles. The second-order valence-electron chi connectivity index (χ2n) is 9.03. The van der Waals surface area contributed by atoms with E-state index in [0.29, 0.717) is 11.6 Å². The molecule has 1 fully saturated rings. The van der Waals surface area contributed by atoms with Gasteiger partial charge in [0, 0.05) is 18.4 Å². The van der Waals surface area contributed by atoms with Crippen molar-refractivity contribution in [3.05, 3.63) is 78.0 Å². The molecule has 1 aliphatic rings. The molecule has 0 saturated heterocycles. The zero-order chi connectivity index (χ0) is 24.5. The molecule has 4 N–H and O–H groups in total. The van der Waals surface area contributed by atoms with Crippen molar-refractivity contribution in [3.63, 3.8) is 0 Å². The van der Waals surface area contributed by atoms with E-state index in [1.807, 2.05) is 6.07 Å². The van der Waals surface area contributed by atoms with Gasteiger partial charge in [-0.05, 0) is 60.9 Å². The Balaban J connectivity index is 1.46. The van der Waals surface area contributed by atoms with Crippen LogP contribution in [-0.4, -0.2) is 31.5 Å². The lowest BCUT2D eigenvalue weighted by Gasteiger charge is -2.34. The molecule has 5 rings (SSSR count). The van der Waals surface area contributed by atoms with E-state index in [0.717, 1.165) is 24.8 Å². The van der Waals surface area contributed by atoms with Crippen LogP contribution in [-0.2, 0) is 0 Å². The fraction of sp³-hybridized carbons (Fsp3) is 0.280. The van der Waals surface area contributed by atoms with Crippen LogP contribution in [0.3, 0.4) is 0 Å². The smallest absolute Gasteiger partial charge is 0.274 e. The van der Waals surface area contributed by atoms with Gasteiger partial charge in [-0.2, -0.15) is 5.10 Å². The number of carbonyl (C=O) groups excluding carboxylic acids is 1. The summed E-state index contributed by atoms with van der Waals surface area (Å²) in [6, 6.07) is 7.24. The first-order valence-electron chi connectivity index (χ1n) is 11.4. The number of carbonyl (C=O) groups is 1. The maximum atomic E-state index is 14.4. The average Bonchev–Trinajstić information content (AvgIpc) is 3.27. The predicted octanol–water partition coefficient (Wildman–Crippen LogP) is 4.06. The first-order chi connectivity index (χ1) is 16.9. The highest BCUT2D eigenvalue weighted by atomic mass is 19.1. The van der Waals surface area contributed by atoms with Crippen molar-refractivity contribution in [2.45, 2.75) is 38.1 Å². The van der Waals surface area contributed by atoms with Crippen LogP contribution in [0.1, 0.15) is 48.2 Å². The predicted molar refractivity (Wildman–Crippen MR) is 127 cm³/mol. The Morgan fingerprint density at radius 2 is 1.91 bits per heavy atom. The second kappa shape index (κ2) is 9.47. The van der Waals surface area contributed by atoms with E-state index < -0.39 is 17.5 Å². The van der Waals surface area contributed by atoms with Crippen LogP contribution in [0.15, 0.2) is 55.1 Å². The van der Waals surface area contributed by atoms with Crippen molar-refractivity contribution in [3.8, 4) is 11.1 Å². The number of hydrogen-bond donors (Lipinski definition) is 3. The number of aromatic nitrogens is 4. The first-order valence-corrected chi connectivity index (χ1v) is 11.4. The van der Waals surface area contributed by atoms with Gasteiger partial charge in [-0.15, -0.1) is 0 Å². The third-order valence-corrected chi connectivity index (χ3v) is 6.56. The number of pyridine rings is 1. The highest BCUT2D eigenvalue weighted by molar-refractivity contribution is 6.03. The Morgan fingerprint density at radius 3 is 2.69 bits per heavy atom. The lowest BCUT2D eigenvalue weighted by atomic mass is 9.76. The molecule has 0 aliphatic heterocycles. The molecule has 3 atom stereocenters. The number of nitrogens with two attached hydrogens (primary N) is 1. The molecule has 3 aromatic heterocycles. The van der Waals surface area contributed by atoms with E-state index in [1.54, 1.807) is 12.4 Å². The third kappa shape index (κ3) is 4.50. The maximum absolute atomic E-state index is 14.4. The molecule has 0 unspecified atom stereocenters. The van der Waals surface area contributed by atoms with Crippen LogP contribution in [0.5, 0.6) is 0 Å². The summed E-state index contributed by atoms with van der Waals surface area (Å²) in [6.45, 7) is 2.19. The summed E-state index contributed by atoms with van der Waals surface area (Å²) in [6.07, 6.45) is 9.02. The van der Waals surface area contributed by atoms with Crippen molar-refractivity contribution in [1.82, 2.24) is 25.0 Å².